The van der Waals surface area contributed by atoms with Gasteiger partial charge in [-0.2, -0.15) is 0 Å². The zero-order valence-corrected chi connectivity index (χ0v) is 17.1. The van der Waals surface area contributed by atoms with Gasteiger partial charge >= 0.3 is 5.97 Å². The number of likely N-dealkylation sites (tertiary alicyclic amines) is 1. The number of piperidine rings is 1. The van der Waals surface area contributed by atoms with Crippen LogP contribution in [0, 0.1) is 0 Å². The number of carbonyl (C=O) groups excluding carboxylic acids is 1. The molecular weight excluding hydrogens is 388 g/mol. The van der Waals surface area contributed by atoms with Gasteiger partial charge in [-0.15, -0.1) is 0 Å². The molecule has 29 heavy (non-hydrogen) atoms. The van der Waals surface area contributed by atoms with Crippen LogP contribution >= 0.6 is 11.6 Å². The lowest BCUT2D eigenvalue weighted by atomic mass is 9.98. The van der Waals surface area contributed by atoms with E-state index < -0.39 is 12.0 Å². The summed E-state index contributed by atoms with van der Waals surface area (Å²) in [4.78, 5) is 28.5. The molecule has 0 aromatic heterocycles. The summed E-state index contributed by atoms with van der Waals surface area (Å²) in [5.74, 6) is -1.17. The fourth-order valence-electron chi connectivity index (χ4n) is 4.41. The summed E-state index contributed by atoms with van der Waals surface area (Å²) in [6.45, 7) is 2.45. The van der Waals surface area contributed by atoms with E-state index >= 15 is 0 Å². The first kappa shape index (κ1) is 19.8. The lowest BCUT2D eigenvalue weighted by Gasteiger charge is -2.31. The van der Waals surface area contributed by atoms with Crippen LogP contribution in [-0.4, -0.2) is 47.6 Å². The number of nitrogens with zero attached hydrogens (tertiary/aromatic N) is 2. The van der Waals surface area contributed by atoms with Crippen LogP contribution in [0.4, 0.5) is 5.69 Å². The van der Waals surface area contributed by atoms with Gasteiger partial charge in [0.05, 0.1) is 0 Å². The van der Waals surface area contributed by atoms with E-state index in [-0.39, 0.29) is 5.91 Å². The molecule has 4 rings (SSSR count). The molecule has 2 aromatic carbocycles. The Morgan fingerprint density at radius 2 is 1.69 bits per heavy atom. The van der Waals surface area contributed by atoms with Crippen LogP contribution in [0.25, 0.3) is 11.1 Å². The third-order valence-corrected chi connectivity index (χ3v) is 6.23. The predicted molar refractivity (Wildman–Crippen MR) is 115 cm³/mol. The van der Waals surface area contributed by atoms with Gasteiger partial charge < -0.3 is 14.9 Å². The molecule has 2 aromatic rings. The first-order chi connectivity index (χ1) is 14.1. The minimum atomic E-state index is -0.938. The van der Waals surface area contributed by atoms with Crippen molar-refractivity contribution in [2.45, 2.75) is 38.1 Å². The van der Waals surface area contributed by atoms with E-state index in [1.54, 1.807) is 0 Å². The molecule has 2 aliphatic heterocycles. The number of carboxylic acids is 1. The van der Waals surface area contributed by atoms with Crippen molar-refractivity contribution in [3.63, 3.8) is 0 Å². The summed E-state index contributed by atoms with van der Waals surface area (Å²) >= 11 is 6.50. The SMILES string of the molecule is O=C(O)C1CCCN1C(=O)c1ccc(N2CCCCC2)c(-c2ccccc2Cl)c1. The number of carbonyl (C=O) groups is 2. The summed E-state index contributed by atoms with van der Waals surface area (Å²) in [7, 11) is 0. The van der Waals surface area contributed by atoms with Gasteiger partial charge in [-0.25, -0.2) is 4.79 Å². The minimum absolute atomic E-state index is 0.228. The molecule has 5 nitrogen and oxygen atoms in total. The summed E-state index contributed by atoms with van der Waals surface area (Å²) in [5, 5.41) is 10.1. The number of carboxylic acid groups (broad SMARTS) is 1. The molecule has 2 fully saturated rings. The molecule has 2 aliphatic rings. The maximum Gasteiger partial charge on any atom is 0.326 e. The lowest BCUT2D eigenvalue weighted by Crippen LogP contribution is -2.40. The van der Waals surface area contributed by atoms with Crippen LogP contribution in [-0.2, 0) is 4.79 Å². The molecule has 0 radical (unpaired) electrons. The largest absolute Gasteiger partial charge is 0.480 e. The second-order valence-corrected chi connectivity index (χ2v) is 8.16. The summed E-state index contributed by atoms with van der Waals surface area (Å²) in [6, 6.07) is 12.6. The molecule has 2 saturated heterocycles. The molecule has 1 unspecified atom stereocenters. The Balaban J connectivity index is 1.75. The van der Waals surface area contributed by atoms with Crippen LogP contribution in [0.5, 0.6) is 0 Å². The quantitative estimate of drug-likeness (QED) is 0.791. The number of anilines is 1. The molecule has 0 aliphatic carbocycles. The lowest BCUT2D eigenvalue weighted by molar-refractivity contribution is -0.141. The number of aliphatic carboxylic acids is 1. The molecule has 0 spiro atoms. The average Bonchev–Trinajstić information content (AvgIpc) is 3.24. The monoisotopic (exact) mass is 412 g/mol. The van der Waals surface area contributed by atoms with Gasteiger partial charge in [0.1, 0.15) is 6.04 Å². The van der Waals surface area contributed by atoms with Crippen LogP contribution in [0.2, 0.25) is 5.02 Å². The highest BCUT2D eigenvalue weighted by Crippen LogP contribution is 2.37. The molecule has 152 valence electrons. The standard InChI is InChI=1S/C23H25ClN2O3/c24-19-8-3-2-7-17(19)18-15-16(10-11-20(18)25-12-4-1-5-13-25)22(27)26-14-6-9-21(26)23(28)29/h2-3,7-8,10-11,15,21H,1,4-6,9,12-14H2,(H,28,29). The van der Waals surface area contributed by atoms with Crippen molar-refractivity contribution < 1.29 is 14.7 Å². The summed E-state index contributed by atoms with van der Waals surface area (Å²) in [5.41, 5.74) is 3.40. The van der Waals surface area contributed by atoms with Crippen molar-refractivity contribution in [2.24, 2.45) is 0 Å². The zero-order chi connectivity index (χ0) is 20.4. The number of hydrogen-bond donors (Lipinski definition) is 1. The smallest absolute Gasteiger partial charge is 0.326 e. The van der Waals surface area contributed by atoms with Gasteiger partial charge in [-0.1, -0.05) is 29.8 Å². The summed E-state index contributed by atoms with van der Waals surface area (Å²) < 4.78 is 0. The topological polar surface area (TPSA) is 60.9 Å². The molecule has 6 heteroatoms. The Morgan fingerprint density at radius 3 is 2.41 bits per heavy atom. The van der Waals surface area contributed by atoms with E-state index in [0.717, 1.165) is 42.7 Å². The van der Waals surface area contributed by atoms with Gasteiger partial charge in [0.25, 0.3) is 5.91 Å². The highest BCUT2D eigenvalue weighted by molar-refractivity contribution is 6.33. The Hall–Kier alpha value is -2.53. The second kappa shape index (κ2) is 8.46. The number of amides is 1. The van der Waals surface area contributed by atoms with Crippen molar-refractivity contribution in [2.75, 3.05) is 24.5 Å². The van der Waals surface area contributed by atoms with E-state index in [9.17, 15) is 14.7 Å². The Morgan fingerprint density at radius 1 is 0.931 bits per heavy atom. The molecule has 1 atom stereocenters. The zero-order valence-electron chi connectivity index (χ0n) is 16.3. The normalized spacial score (nSPS) is 19.4. The third-order valence-electron chi connectivity index (χ3n) is 5.90. The average molecular weight is 413 g/mol. The summed E-state index contributed by atoms with van der Waals surface area (Å²) in [6.07, 6.45) is 4.75. The maximum absolute atomic E-state index is 13.1. The van der Waals surface area contributed by atoms with Crippen molar-refractivity contribution in [1.29, 1.82) is 0 Å². The molecule has 1 N–H and O–H groups in total. The van der Waals surface area contributed by atoms with E-state index in [0.29, 0.717) is 30.0 Å². The van der Waals surface area contributed by atoms with E-state index in [4.69, 9.17) is 11.6 Å². The Bertz CT molecular complexity index is 924. The van der Waals surface area contributed by atoms with Crippen molar-refractivity contribution in [3.05, 3.63) is 53.1 Å². The molecular formula is C23H25ClN2O3. The highest BCUT2D eigenvalue weighted by atomic mass is 35.5. The maximum atomic E-state index is 13.1. The predicted octanol–water partition coefficient (Wildman–Crippen LogP) is 4.69. The fourth-order valence-corrected chi connectivity index (χ4v) is 4.64. The van der Waals surface area contributed by atoms with E-state index in [1.165, 1.54) is 11.3 Å². The highest BCUT2D eigenvalue weighted by Gasteiger charge is 2.34. The Labute approximate surface area is 175 Å². The second-order valence-electron chi connectivity index (χ2n) is 7.75. The van der Waals surface area contributed by atoms with Gasteiger partial charge in [0, 0.05) is 47.0 Å². The number of hydrogen-bond acceptors (Lipinski definition) is 3. The third kappa shape index (κ3) is 3.97. The number of benzene rings is 2. The van der Waals surface area contributed by atoms with Gasteiger partial charge in [0.2, 0.25) is 0 Å². The van der Waals surface area contributed by atoms with Crippen molar-refractivity contribution in [3.8, 4) is 11.1 Å². The fraction of sp³-hybridized carbons (Fsp3) is 0.391. The number of rotatable bonds is 4. The van der Waals surface area contributed by atoms with E-state index in [2.05, 4.69) is 4.90 Å². The molecule has 1 amide bonds. The Kier molecular flexibility index (Phi) is 5.76. The molecule has 0 saturated carbocycles. The first-order valence-electron chi connectivity index (χ1n) is 10.2. The van der Waals surface area contributed by atoms with Gasteiger partial charge in [-0.05, 0) is 56.4 Å². The van der Waals surface area contributed by atoms with Gasteiger partial charge in [-0.3, -0.25) is 4.79 Å². The first-order valence-corrected chi connectivity index (χ1v) is 10.6. The molecule has 0 bridgehead atoms. The van der Waals surface area contributed by atoms with Crippen LogP contribution in [0.1, 0.15) is 42.5 Å². The van der Waals surface area contributed by atoms with Crippen LogP contribution in [0.3, 0.4) is 0 Å². The molecule has 2 heterocycles. The minimum Gasteiger partial charge on any atom is -0.480 e. The number of halogens is 1. The van der Waals surface area contributed by atoms with Gasteiger partial charge in [0.15, 0.2) is 0 Å². The van der Waals surface area contributed by atoms with E-state index in [1.807, 2.05) is 42.5 Å². The van der Waals surface area contributed by atoms with Crippen LogP contribution < -0.4 is 4.90 Å². The van der Waals surface area contributed by atoms with Crippen LogP contribution in [0.15, 0.2) is 42.5 Å². The van der Waals surface area contributed by atoms with Crippen molar-refractivity contribution >= 4 is 29.2 Å². The van der Waals surface area contributed by atoms with Crippen molar-refractivity contribution in [1.82, 2.24) is 4.90 Å².